The van der Waals surface area contributed by atoms with Crippen LogP contribution in [0.2, 0.25) is 9.36 Å². The number of hydrogen-bond donors (Lipinski definition) is 1. The van der Waals surface area contributed by atoms with Crippen LogP contribution < -0.4 is 0 Å². The van der Waals surface area contributed by atoms with Crippen molar-refractivity contribution in [3.63, 3.8) is 0 Å². The number of benzene rings is 1. The first-order valence-electron chi connectivity index (χ1n) is 4.69. The number of carboxylic acid groups (broad SMARTS) is 1. The van der Waals surface area contributed by atoms with Gasteiger partial charge in [0.05, 0.1) is 12.1 Å². The molecule has 0 aliphatic heterocycles. The van der Waals surface area contributed by atoms with E-state index in [-0.39, 0.29) is 6.42 Å². The molecule has 0 radical (unpaired) electrons. The highest BCUT2D eigenvalue weighted by atomic mass is 35.5. The topological polar surface area (TPSA) is 50.2 Å². The summed E-state index contributed by atoms with van der Waals surface area (Å²) in [4.78, 5) is 14.8. The molecule has 0 bridgehead atoms. The van der Waals surface area contributed by atoms with Gasteiger partial charge in [-0.1, -0.05) is 35.3 Å². The second-order valence-corrected chi connectivity index (χ2v) is 5.35. The van der Waals surface area contributed by atoms with Gasteiger partial charge >= 0.3 is 5.97 Å². The molecule has 1 heterocycles. The number of thiazole rings is 1. The van der Waals surface area contributed by atoms with Gasteiger partial charge in [0.2, 0.25) is 0 Å². The number of aliphatic carboxylic acids is 1. The predicted molar refractivity (Wildman–Crippen MR) is 68.9 cm³/mol. The highest BCUT2D eigenvalue weighted by Crippen LogP contribution is 2.32. The molecule has 0 amide bonds. The third kappa shape index (κ3) is 2.97. The summed E-state index contributed by atoms with van der Waals surface area (Å²) in [6.07, 6.45) is -0.164. The maximum absolute atomic E-state index is 10.6. The molecule has 1 aromatic heterocycles. The van der Waals surface area contributed by atoms with Gasteiger partial charge in [0.15, 0.2) is 0 Å². The molecule has 0 saturated heterocycles. The lowest BCUT2D eigenvalue weighted by molar-refractivity contribution is -0.136. The Morgan fingerprint density at radius 3 is 2.53 bits per heavy atom. The van der Waals surface area contributed by atoms with E-state index in [0.717, 1.165) is 5.56 Å². The molecule has 0 atom stereocenters. The van der Waals surface area contributed by atoms with Crippen molar-refractivity contribution in [1.82, 2.24) is 4.98 Å². The van der Waals surface area contributed by atoms with Gasteiger partial charge in [-0.05, 0) is 12.1 Å². The second kappa shape index (κ2) is 5.04. The molecule has 17 heavy (non-hydrogen) atoms. The molecule has 1 aromatic carbocycles. The van der Waals surface area contributed by atoms with E-state index in [1.165, 1.54) is 11.3 Å². The van der Waals surface area contributed by atoms with Gasteiger partial charge in [-0.25, -0.2) is 4.98 Å². The lowest BCUT2D eigenvalue weighted by Gasteiger charge is -1.95. The van der Waals surface area contributed by atoms with E-state index < -0.39 is 5.97 Å². The fourth-order valence-corrected chi connectivity index (χ4v) is 2.57. The Morgan fingerprint density at radius 1 is 1.29 bits per heavy atom. The molecule has 0 saturated carbocycles. The molecule has 0 unspecified atom stereocenters. The van der Waals surface area contributed by atoms with Crippen LogP contribution in [0.15, 0.2) is 24.3 Å². The zero-order chi connectivity index (χ0) is 12.4. The summed E-state index contributed by atoms with van der Waals surface area (Å²) in [7, 11) is 0. The minimum Gasteiger partial charge on any atom is -0.481 e. The lowest BCUT2D eigenvalue weighted by Crippen LogP contribution is -2.00. The smallest absolute Gasteiger partial charge is 0.309 e. The van der Waals surface area contributed by atoms with Crippen LogP contribution in [0.5, 0.6) is 0 Å². The molecular formula is C11H7Cl2NO2S. The van der Waals surface area contributed by atoms with Crippen molar-refractivity contribution in [2.24, 2.45) is 0 Å². The standard InChI is InChI=1S/C11H7Cl2NO2S/c12-7-3-1-6(2-4-7)11-14-8(5-9(15)16)10(13)17-11/h1-4H,5H2,(H,15,16). The Labute approximate surface area is 112 Å². The van der Waals surface area contributed by atoms with Crippen LogP contribution >= 0.6 is 34.5 Å². The Kier molecular flexibility index (Phi) is 3.66. The number of nitrogens with zero attached hydrogens (tertiary/aromatic N) is 1. The molecule has 2 rings (SSSR count). The molecule has 0 fully saturated rings. The number of carboxylic acids is 1. The minimum absolute atomic E-state index is 0.164. The zero-order valence-electron chi connectivity index (χ0n) is 8.48. The van der Waals surface area contributed by atoms with Crippen LogP contribution in [0.4, 0.5) is 0 Å². The van der Waals surface area contributed by atoms with Crippen LogP contribution in [-0.2, 0) is 11.2 Å². The van der Waals surface area contributed by atoms with Gasteiger partial charge < -0.3 is 5.11 Å². The summed E-state index contributed by atoms with van der Waals surface area (Å²) in [5, 5.41) is 10.0. The first-order chi connectivity index (χ1) is 8.06. The van der Waals surface area contributed by atoms with Crippen molar-refractivity contribution in [3.05, 3.63) is 39.3 Å². The normalized spacial score (nSPS) is 10.5. The average Bonchev–Trinajstić information content (AvgIpc) is 2.60. The van der Waals surface area contributed by atoms with Crippen molar-refractivity contribution in [1.29, 1.82) is 0 Å². The van der Waals surface area contributed by atoms with Crippen LogP contribution in [0.25, 0.3) is 10.6 Å². The summed E-state index contributed by atoms with van der Waals surface area (Å²) >= 11 is 13.0. The fourth-order valence-electron chi connectivity index (χ4n) is 1.30. The largest absolute Gasteiger partial charge is 0.481 e. The van der Waals surface area contributed by atoms with E-state index in [2.05, 4.69) is 4.98 Å². The molecule has 0 aliphatic carbocycles. The summed E-state index contributed by atoms with van der Waals surface area (Å²) in [5.74, 6) is -0.945. The fraction of sp³-hybridized carbons (Fsp3) is 0.0909. The molecule has 6 heteroatoms. The van der Waals surface area contributed by atoms with Gasteiger partial charge in [-0.3, -0.25) is 4.79 Å². The summed E-state index contributed by atoms with van der Waals surface area (Å²) < 4.78 is 0.414. The van der Waals surface area contributed by atoms with E-state index in [9.17, 15) is 4.79 Å². The zero-order valence-corrected chi connectivity index (χ0v) is 10.8. The Bertz CT molecular complexity index is 551. The Morgan fingerprint density at radius 2 is 1.94 bits per heavy atom. The monoisotopic (exact) mass is 287 g/mol. The van der Waals surface area contributed by atoms with Crippen molar-refractivity contribution in [3.8, 4) is 10.6 Å². The summed E-state index contributed by atoms with van der Waals surface area (Å²) in [6.45, 7) is 0. The third-order valence-electron chi connectivity index (χ3n) is 2.06. The average molecular weight is 288 g/mol. The molecule has 3 nitrogen and oxygen atoms in total. The van der Waals surface area contributed by atoms with Crippen molar-refractivity contribution in [2.75, 3.05) is 0 Å². The highest BCUT2D eigenvalue weighted by Gasteiger charge is 2.13. The highest BCUT2D eigenvalue weighted by molar-refractivity contribution is 7.19. The van der Waals surface area contributed by atoms with Crippen LogP contribution in [0.3, 0.4) is 0 Å². The van der Waals surface area contributed by atoms with Gasteiger partial charge in [0.25, 0.3) is 0 Å². The first-order valence-corrected chi connectivity index (χ1v) is 6.26. The predicted octanol–water partition coefficient (Wildman–Crippen LogP) is 3.74. The van der Waals surface area contributed by atoms with Gasteiger partial charge in [0.1, 0.15) is 9.34 Å². The van der Waals surface area contributed by atoms with E-state index in [4.69, 9.17) is 28.3 Å². The van der Waals surface area contributed by atoms with Crippen LogP contribution in [0.1, 0.15) is 5.69 Å². The first kappa shape index (κ1) is 12.4. The molecule has 2 aromatic rings. The lowest BCUT2D eigenvalue weighted by atomic mass is 10.2. The van der Waals surface area contributed by atoms with Gasteiger partial charge in [-0.2, -0.15) is 0 Å². The summed E-state index contributed by atoms with van der Waals surface area (Å²) in [6, 6.07) is 7.15. The van der Waals surface area contributed by atoms with E-state index in [0.29, 0.717) is 20.1 Å². The molecule has 0 aliphatic rings. The second-order valence-electron chi connectivity index (χ2n) is 3.32. The SMILES string of the molecule is O=C(O)Cc1nc(-c2ccc(Cl)cc2)sc1Cl. The summed E-state index contributed by atoms with van der Waals surface area (Å²) in [5.41, 5.74) is 1.27. The van der Waals surface area contributed by atoms with Crippen LogP contribution in [0, 0.1) is 0 Å². The number of rotatable bonds is 3. The maximum atomic E-state index is 10.6. The van der Waals surface area contributed by atoms with E-state index in [1.807, 2.05) is 12.1 Å². The Hall–Kier alpha value is -1.10. The van der Waals surface area contributed by atoms with Crippen LogP contribution in [-0.4, -0.2) is 16.1 Å². The van der Waals surface area contributed by atoms with Gasteiger partial charge in [-0.15, -0.1) is 11.3 Å². The molecule has 88 valence electrons. The number of hydrogen-bond acceptors (Lipinski definition) is 3. The minimum atomic E-state index is -0.945. The quantitative estimate of drug-likeness (QED) is 0.935. The number of halogens is 2. The van der Waals surface area contributed by atoms with E-state index >= 15 is 0 Å². The Balaban J connectivity index is 2.34. The third-order valence-corrected chi connectivity index (χ3v) is 3.70. The number of aromatic nitrogens is 1. The van der Waals surface area contributed by atoms with Crippen molar-refractivity contribution in [2.45, 2.75) is 6.42 Å². The van der Waals surface area contributed by atoms with Crippen molar-refractivity contribution >= 4 is 40.5 Å². The number of carbonyl (C=O) groups is 1. The van der Waals surface area contributed by atoms with Gasteiger partial charge in [0, 0.05) is 10.6 Å². The molecule has 0 spiro atoms. The maximum Gasteiger partial charge on any atom is 0.309 e. The molecule has 1 N–H and O–H groups in total. The van der Waals surface area contributed by atoms with Crippen molar-refractivity contribution < 1.29 is 9.90 Å². The van der Waals surface area contributed by atoms with E-state index in [1.54, 1.807) is 12.1 Å². The molecular weight excluding hydrogens is 281 g/mol.